The molecule has 0 aliphatic heterocycles. The Morgan fingerprint density at radius 2 is 1.76 bits per heavy atom. The minimum Gasteiger partial charge on any atom is -0.493 e. The second-order valence-corrected chi connectivity index (χ2v) is 5.31. The number of ether oxygens (including phenoxy) is 2. The van der Waals surface area contributed by atoms with Crippen LogP contribution >= 0.6 is 12.2 Å². The van der Waals surface area contributed by atoms with Crippen molar-refractivity contribution < 1.29 is 18.7 Å². The van der Waals surface area contributed by atoms with Gasteiger partial charge in [0.2, 0.25) is 5.91 Å². The molecule has 2 aromatic carbocycles. The Labute approximate surface area is 150 Å². The van der Waals surface area contributed by atoms with Crippen LogP contribution in [0.1, 0.15) is 5.56 Å². The zero-order valence-electron chi connectivity index (χ0n) is 13.7. The Bertz CT molecular complexity index is 791. The predicted octanol–water partition coefficient (Wildman–Crippen LogP) is 3.37. The zero-order chi connectivity index (χ0) is 18.2. The number of methoxy groups -OCH3 is 2. The summed E-state index contributed by atoms with van der Waals surface area (Å²) >= 11 is 5.04. The fourth-order valence-electron chi connectivity index (χ4n) is 1.98. The summed E-state index contributed by atoms with van der Waals surface area (Å²) in [4.78, 5) is 11.9. The first kappa shape index (κ1) is 18.4. The number of hydrogen-bond acceptors (Lipinski definition) is 4. The molecular formula is C18H17FN2O3S. The summed E-state index contributed by atoms with van der Waals surface area (Å²) in [5.74, 6) is 0.431. The minimum absolute atomic E-state index is 0.119. The van der Waals surface area contributed by atoms with E-state index in [2.05, 4.69) is 10.6 Å². The molecular weight excluding hydrogens is 343 g/mol. The number of benzene rings is 2. The molecule has 7 heteroatoms. The number of rotatable bonds is 5. The molecule has 0 unspecified atom stereocenters. The van der Waals surface area contributed by atoms with E-state index in [4.69, 9.17) is 21.7 Å². The van der Waals surface area contributed by atoms with Crippen molar-refractivity contribution in [1.82, 2.24) is 5.32 Å². The van der Waals surface area contributed by atoms with Gasteiger partial charge in [0.1, 0.15) is 5.82 Å². The van der Waals surface area contributed by atoms with Gasteiger partial charge in [-0.05, 0) is 60.3 Å². The molecule has 0 radical (unpaired) electrons. The van der Waals surface area contributed by atoms with Crippen LogP contribution in [0.2, 0.25) is 0 Å². The van der Waals surface area contributed by atoms with Crippen LogP contribution in [-0.4, -0.2) is 25.2 Å². The van der Waals surface area contributed by atoms with Crippen molar-refractivity contribution in [1.29, 1.82) is 0 Å². The van der Waals surface area contributed by atoms with Crippen molar-refractivity contribution >= 4 is 35.0 Å². The normalized spacial score (nSPS) is 10.4. The zero-order valence-corrected chi connectivity index (χ0v) is 14.5. The van der Waals surface area contributed by atoms with E-state index in [1.807, 2.05) is 0 Å². The van der Waals surface area contributed by atoms with Crippen LogP contribution in [0.3, 0.4) is 0 Å². The van der Waals surface area contributed by atoms with E-state index in [-0.39, 0.29) is 10.9 Å². The smallest absolute Gasteiger partial charge is 0.250 e. The number of carbonyl (C=O) groups excluding carboxylic acids is 1. The highest BCUT2D eigenvalue weighted by molar-refractivity contribution is 7.80. The third-order valence-electron chi connectivity index (χ3n) is 3.17. The Hall–Kier alpha value is -2.93. The maximum Gasteiger partial charge on any atom is 0.250 e. The van der Waals surface area contributed by atoms with E-state index in [0.29, 0.717) is 17.2 Å². The van der Waals surface area contributed by atoms with Gasteiger partial charge in [0, 0.05) is 11.8 Å². The summed E-state index contributed by atoms with van der Waals surface area (Å²) in [6, 6.07) is 10.9. The molecule has 0 aliphatic carbocycles. The standard InChI is InChI=1S/C18H17FN2O3S/c1-23-15-9-3-12(11-16(15)24-2)4-10-17(22)21-18(25)20-14-7-5-13(19)6-8-14/h3-11H,1-2H3,(H2,20,21,22,25). The number of amides is 1. The highest BCUT2D eigenvalue weighted by Crippen LogP contribution is 2.27. The van der Waals surface area contributed by atoms with Gasteiger partial charge in [-0.3, -0.25) is 10.1 Å². The lowest BCUT2D eigenvalue weighted by Crippen LogP contribution is -2.32. The molecule has 0 saturated carbocycles. The molecule has 2 N–H and O–H groups in total. The molecule has 0 aliphatic rings. The SMILES string of the molecule is COc1ccc(C=CC(=O)NC(=S)Nc2ccc(F)cc2)cc1OC. The molecule has 5 nitrogen and oxygen atoms in total. The van der Waals surface area contributed by atoms with Gasteiger partial charge < -0.3 is 14.8 Å². The van der Waals surface area contributed by atoms with Gasteiger partial charge in [0.25, 0.3) is 0 Å². The third kappa shape index (κ3) is 5.58. The van der Waals surface area contributed by atoms with Gasteiger partial charge in [0.05, 0.1) is 14.2 Å². The Kier molecular flexibility index (Phi) is 6.47. The second kappa shape index (κ2) is 8.79. The predicted molar refractivity (Wildman–Crippen MR) is 99.3 cm³/mol. The van der Waals surface area contributed by atoms with E-state index in [1.165, 1.54) is 37.5 Å². The quantitative estimate of drug-likeness (QED) is 0.632. The number of thiocarbonyl (C=S) groups is 1. The van der Waals surface area contributed by atoms with E-state index in [0.717, 1.165) is 5.56 Å². The Morgan fingerprint density at radius 3 is 2.40 bits per heavy atom. The average Bonchev–Trinajstić information content (AvgIpc) is 2.61. The number of anilines is 1. The van der Waals surface area contributed by atoms with Gasteiger partial charge in [-0.15, -0.1) is 0 Å². The molecule has 0 heterocycles. The molecule has 0 atom stereocenters. The van der Waals surface area contributed by atoms with Crippen molar-refractivity contribution in [2.75, 3.05) is 19.5 Å². The highest BCUT2D eigenvalue weighted by atomic mass is 32.1. The molecule has 2 aromatic rings. The summed E-state index contributed by atoms with van der Waals surface area (Å²) < 4.78 is 23.2. The number of hydrogen-bond donors (Lipinski definition) is 2. The van der Waals surface area contributed by atoms with Crippen LogP contribution in [0.4, 0.5) is 10.1 Å². The molecule has 0 saturated heterocycles. The van der Waals surface area contributed by atoms with Crippen molar-refractivity contribution in [3.63, 3.8) is 0 Å². The molecule has 0 bridgehead atoms. The molecule has 0 aromatic heterocycles. The summed E-state index contributed by atoms with van der Waals surface area (Å²) in [7, 11) is 3.09. The number of halogens is 1. The summed E-state index contributed by atoms with van der Waals surface area (Å²) in [6.45, 7) is 0. The lowest BCUT2D eigenvalue weighted by atomic mass is 10.2. The minimum atomic E-state index is -0.394. The van der Waals surface area contributed by atoms with Gasteiger partial charge in [-0.1, -0.05) is 6.07 Å². The van der Waals surface area contributed by atoms with Crippen molar-refractivity contribution in [3.05, 3.63) is 59.9 Å². The largest absolute Gasteiger partial charge is 0.493 e. The molecule has 0 spiro atoms. The van der Waals surface area contributed by atoms with E-state index < -0.39 is 5.91 Å². The Balaban J connectivity index is 1.93. The van der Waals surface area contributed by atoms with E-state index >= 15 is 0 Å². The topological polar surface area (TPSA) is 59.6 Å². The second-order valence-electron chi connectivity index (χ2n) is 4.90. The van der Waals surface area contributed by atoms with Crippen LogP contribution < -0.4 is 20.1 Å². The van der Waals surface area contributed by atoms with Crippen LogP contribution in [0, 0.1) is 5.82 Å². The fraction of sp³-hybridized carbons (Fsp3) is 0.111. The highest BCUT2D eigenvalue weighted by Gasteiger charge is 2.04. The first-order valence-electron chi connectivity index (χ1n) is 7.29. The van der Waals surface area contributed by atoms with Crippen LogP contribution in [-0.2, 0) is 4.79 Å². The maximum absolute atomic E-state index is 12.8. The van der Waals surface area contributed by atoms with Crippen LogP contribution in [0.5, 0.6) is 11.5 Å². The summed E-state index contributed by atoms with van der Waals surface area (Å²) in [5.41, 5.74) is 1.35. The van der Waals surface area contributed by atoms with Gasteiger partial charge in [-0.2, -0.15) is 0 Å². The van der Waals surface area contributed by atoms with E-state index in [9.17, 15) is 9.18 Å². The Morgan fingerprint density at radius 1 is 1.08 bits per heavy atom. The van der Waals surface area contributed by atoms with Crippen molar-refractivity contribution in [2.45, 2.75) is 0 Å². The van der Waals surface area contributed by atoms with Crippen LogP contribution in [0.25, 0.3) is 6.08 Å². The first-order valence-corrected chi connectivity index (χ1v) is 7.70. The molecule has 2 rings (SSSR count). The van der Waals surface area contributed by atoms with Gasteiger partial charge >= 0.3 is 0 Å². The molecule has 0 fully saturated rings. The average molecular weight is 360 g/mol. The summed E-state index contributed by atoms with van der Waals surface area (Å²) in [5, 5.41) is 5.42. The maximum atomic E-state index is 12.8. The lowest BCUT2D eigenvalue weighted by Gasteiger charge is -2.08. The van der Waals surface area contributed by atoms with Crippen molar-refractivity contribution in [3.8, 4) is 11.5 Å². The lowest BCUT2D eigenvalue weighted by molar-refractivity contribution is -0.115. The van der Waals surface area contributed by atoms with Gasteiger partial charge in [-0.25, -0.2) is 4.39 Å². The van der Waals surface area contributed by atoms with Crippen LogP contribution in [0.15, 0.2) is 48.5 Å². The van der Waals surface area contributed by atoms with E-state index in [1.54, 1.807) is 31.4 Å². The number of carbonyl (C=O) groups is 1. The van der Waals surface area contributed by atoms with Gasteiger partial charge in [0.15, 0.2) is 16.6 Å². The molecule has 1 amide bonds. The summed E-state index contributed by atoms with van der Waals surface area (Å²) in [6.07, 6.45) is 2.97. The molecule has 25 heavy (non-hydrogen) atoms. The third-order valence-corrected chi connectivity index (χ3v) is 3.38. The molecule has 130 valence electrons. The monoisotopic (exact) mass is 360 g/mol. The van der Waals surface area contributed by atoms with Crippen molar-refractivity contribution in [2.24, 2.45) is 0 Å². The number of nitrogens with one attached hydrogen (secondary N) is 2. The first-order chi connectivity index (χ1) is 12.0. The fourth-order valence-corrected chi connectivity index (χ4v) is 2.20.